The third kappa shape index (κ3) is 3.52. The Balaban J connectivity index is 3.05. The van der Waals surface area contributed by atoms with Gasteiger partial charge in [0.05, 0.1) is 16.1 Å². The first-order valence-electron chi connectivity index (χ1n) is 5.59. The van der Waals surface area contributed by atoms with Gasteiger partial charge in [0, 0.05) is 5.02 Å². The number of halogens is 2. The Kier molecular flexibility index (Phi) is 5.03. The lowest BCUT2D eigenvalue weighted by Crippen LogP contribution is -2.55. The molecule has 7 heteroatoms. The van der Waals surface area contributed by atoms with Crippen LogP contribution in [0.25, 0.3) is 0 Å². The summed E-state index contributed by atoms with van der Waals surface area (Å²) in [6.45, 7) is 3.45. The zero-order chi connectivity index (χ0) is 14.6. The molecule has 0 saturated heterocycles. The van der Waals surface area contributed by atoms with Crippen molar-refractivity contribution < 1.29 is 10.0 Å². The Morgan fingerprint density at radius 2 is 2.16 bits per heavy atom. The largest absolute Gasteiger partial charge is 0.409 e. The molecule has 1 atom stereocenters. The maximum Gasteiger partial charge on any atom is 0.253 e. The predicted octanol–water partition coefficient (Wildman–Crippen LogP) is 2.64. The predicted molar refractivity (Wildman–Crippen MR) is 76.0 cm³/mol. The summed E-state index contributed by atoms with van der Waals surface area (Å²) in [5, 5.41) is 15.0. The molecule has 1 rings (SSSR count). The fraction of sp³-hybridized carbons (Fsp3) is 0.333. The van der Waals surface area contributed by atoms with Gasteiger partial charge in [-0.2, -0.15) is 0 Å². The monoisotopic (exact) mass is 303 g/mol. The van der Waals surface area contributed by atoms with Gasteiger partial charge in [0.15, 0.2) is 5.84 Å². The molecule has 0 aliphatic rings. The van der Waals surface area contributed by atoms with Crippen LogP contribution in [-0.2, 0) is 0 Å². The van der Waals surface area contributed by atoms with Crippen molar-refractivity contribution in [3.63, 3.8) is 0 Å². The summed E-state index contributed by atoms with van der Waals surface area (Å²) in [4.78, 5) is 12.2. The summed E-state index contributed by atoms with van der Waals surface area (Å²) in [6.07, 6.45) is 0.451. The van der Waals surface area contributed by atoms with Gasteiger partial charge in [-0.3, -0.25) is 4.79 Å². The lowest BCUT2D eigenvalue weighted by Gasteiger charge is -2.28. The van der Waals surface area contributed by atoms with E-state index in [2.05, 4.69) is 10.5 Å². The van der Waals surface area contributed by atoms with Crippen LogP contribution < -0.4 is 11.1 Å². The summed E-state index contributed by atoms with van der Waals surface area (Å²) in [5.41, 5.74) is 4.86. The molecule has 0 saturated carbocycles. The van der Waals surface area contributed by atoms with Crippen LogP contribution in [-0.4, -0.2) is 22.5 Å². The van der Waals surface area contributed by atoms with Crippen LogP contribution >= 0.6 is 23.2 Å². The molecule has 1 unspecified atom stereocenters. The molecule has 0 aliphatic carbocycles. The molecule has 0 aromatic heterocycles. The second-order valence-electron chi connectivity index (χ2n) is 4.25. The summed E-state index contributed by atoms with van der Waals surface area (Å²) in [6, 6.07) is 4.58. The van der Waals surface area contributed by atoms with Crippen molar-refractivity contribution in [1.29, 1.82) is 0 Å². The van der Waals surface area contributed by atoms with Crippen molar-refractivity contribution in [2.75, 3.05) is 0 Å². The van der Waals surface area contributed by atoms with Gasteiger partial charge >= 0.3 is 0 Å². The Morgan fingerprint density at radius 3 is 2.68 bits per heavy atom. The van der Waals surface area contributed by atoms with Crippen LogP contribution in [0.3, 0.4) is 0 Å². The smallest absolute Gasteiger partial charge is 0.253 e. The maximum atomic E-state index is 12.2. The second-order valence-corrected chi connectivity index (χ2v) is 5.09. The lowest BCUT2D eigenvalue weighted by molar-refractivity contribution is 0.0925. The average Bonchev–Trinajstić information content (AvgIpc) is 2.40. The van der Waals surface area contributed by atoms with E-state index in [9.17, 15) is 4.79 Å². The van der Waals surface area contributed by atoms with Crippen LogP contribution in [0.4, 0.5) is 0 Å². The SMILES string of the molecule is CCC(C)(NC(=O)c1cc(Cl)ccc1Cl)/C(N)=N/O. The van der Waals surface area contributed by atoms with Crippen molar-refractivity contribution in [3.8, 4) is 0 Å². The number of nitrogens with two attached hydrogens (primary N) is 1. The van der Waals surface area contributed by atoms with E-state index in [1.807, 2.05) is 0 Å². The molecule has 104 valence electrons. The van der Waals surface area contributed by atoms with Crippen LogP contribution in [0, 0.1) is 0 Å². The number of nitrogens with one attached hydrogen (secondary N) is 1. The summed E-state index contributed by atoms with van der Waals surface area (Å²) < 4.78 is 0. The highest BCUT2D eigenvalue weighted by Gasteiger charge is 2.30. The number of rotatable bonds is 4. The maximum absolute atomic E-state index is 12.2. The third-order valence-electron chi connectivity index (χ3n) is 2.94. The number of hydrogen-bond acceptors (Lipinski definition) is 3. The molecule has 4 N–H and O–H groups in total. The van der Waals surface area contributed by atoms with Gasteiger partial charge in [-0.1, -0.05) is 35.3 Å². The zero-order valence-electron chi connectivity index (χ0n) is 10.6. The van der Waals surface area contributed by atoms with E-state index in [-0.39, 0.29) is 16.4 Å². The highest BCUT2D eigenvalue weighted by Crippen LogP contribution is 2.21. The quantitative estimate of drug-likeness (QED) is 0.346. The highest BCUT2D eigenvalue weighted by molar-refractivity contribution is 6.35. The van der Waals surface area contributed by atoms with E-state index < -0.39 is 11.4 Å². The van der Waals surface area contributed by atoms with E-state index in [1.165, 1.54) is 12.1 Å². The Hall–Kier alpha value is -1.46. The van der Waals surface area contributed by atoms with Gasteiger partial charge in [-0.05, 0) is 31.5 Å². The van der Waals surface area contributed by atoms with Crippen LogP contribution in [0.2, 0.25) is 10.0 Å². The van der Waals surface area contributed by atoms with Gasteiger partial charge < -0.3 is 16.3 Å². The molecule has 1 aromatic carbocycles. The lowest BCUT2D eigenvalue weighted by atomic mass is 9.97. The number of carbonyl (C=O) groups excluding carboxylic acids is 1. The number of benzene rings is 1. The Bertz CT molecular complexity index is 520. The number of hydrogen-bond donors (Lipinski definition) is 3. The average molecular weight is 304 g/mol. The second kappa shape index (κ2) is 6.12. The van der Waals surface area contributed by atoms with Gasteiger partial charge in [-0.15, -0.1) is 0 Å². The molecule has 5 nitrogen and oxygen atoms in total. The first-order chi connectivity index (χ1) is 8.84. The Morgan fingerprint density at radius 1 is 1.53 bits per heavy atom. The van der Waals surface area contributed by atoms with E-state index >= 15 is 0 Å². The molecule has 0 aliphatic heterocycles. The molecule has 19 heavy (non-hydrogen) atoms. The minimum atomic E-state index is -0.961. The number of carbonyl (C=O) groups is 1. The van der Waals surface area contributed by atoms with Crippen molar-refractivity contribution >= 4 is 34.9 Å². The van der Waals surface area contributed by atoms with Gasteiger partial charge in [0.25, 0.3) is 5.91 Å². The molecule has 0 bridgehead atoms. The molecule has 1 aromatic rings. The van der Waals surface area contributed by atoms with Crippen molar-refractivity contribution in [2.24, 2.45) is 10.9 Å². The number of nitrogens with zero attached hydrogens (tertiary/aromatic N) is 1. The first kappa shape index (κ1) is 15.6. The highest BCUT2D eigenvalue weighted by atomic mass is 35.5. The van der Waals surface area contributed by atoms with Gasteiger partial charge in [-0.25, -0.2) is 0 Å². The molecule has 0 fully saturated rings. The van der Waals surface area contributed by atoms with Crippen molar-refractivity contribution in [2.45, 2.75) is 25.8 Å². The number of amides is 1. The molecule has 1 amide bonds. The molecule has 0 spiro atoms. The summed E-state index contributed by atoms with van der Waals surface area (Å²) in [5.74, 6) is -0.523. The summed E-state index contributed by atoms with van der Waals surface area (Å²) in [7, 11) is 0. The van der Waals surface area contributed by atoms with Crippen LogP contribution in [0.15, 0.2) is 23.4 Å². The molecule has 0 radical (unpaired) electrons. The molecular formula is C12H15Cl2N3O2. The minimum absolute atomic E-state index is 0.0819. The van der Waals surface area contributed by atoms with Crippen LogP contribution in [0.1, 0.15) is 30.6 Å². The number of oxime groups is 1. The van der Waals surface area contributed by atoms with E-state index in [1.54, 1.807) is 19.9 Å². The van der Waals surface area contributed by atoms with Crippen molar-refractivity contribution in [3.05, 3.63) is 33.8 Å². The van der Waals surface area contributed by atoms with E-state index in [0.29, 0.717) is 11.4 Å². The first-order valence-corrected chi connectivity index (χ1v) is 6.35. The number of amidine groups is 1. The summed E-state index contributed by atoms with van der Waals surface area (Å²) >= 11 is 11.8. The van der Waals surface area contributed by atoms with E-state index in [0.717, 1.165) is 0 Å². The van der Waals surface area contributed by atoms with Gasteiger partial charge in [0.2, 0.25) is 0 Å². The van der Waals surface area contributed by atoms with E-state index in [4.69, 9.17) is 34.1 Å². The van der Waals surface area contributed by atoms with Gasteiger partial charge in [0.1, 0.15) is 0 Å². The third-order valence-corrected chi connectivity index (χ3v) is 3.51. The fourth-order valence-electron chi connectivity index (χ4n) is 1.43. The molecule has 0 heterocycles. The Labute approximate surface area is 121 Å². The molecular weight excluding hydrogens is 289 g/mol. The normalized spacial score (nSPS) is 14.8. The fourth-order valence-corrected chi connectivity index (χ4v) is 1.81. The zero-order valence-corrected chi connectivity index (χ0v) is 12.1. The minimum Gasteiger partial charge on any atom is -0.409 e. The topological polar surface area (TPSA) is 87.7 Å². The van der Waals surface area contributed by atoms with Crippen LogP contribution in [0.5, 0.6) is 0 Å². The van der Waals surface area contributed by atoms with Crippen molar-refractivity contribution in [1.82, 2.24) is 5.32 Å². The standard InChI is InChI=1S/C12H15Cl2N3O2/c1-3-12(2,11(15)17-19)16-10(18)8-6-7(13)4-5-9(8)14/h4-6,19H,3H2,1-2H3,(H2,15,17)(H,16,18).